The van der Waals surface area contributed by atoms with Crippen LogP contribution < -0.4 is 5.73 Å². The van der Waals surface area contributed by atoms with Gasteiger partial charge in [0.2, 0.25) is 0 Å². The highest BCUT2D eigenvalue weighted by molar-refractivity contribution is 5.70. The number of ether oxygens (including phenoxy) is 1. The molecule has 0 fully saturated rings. The van der Waals surface area contributed by atoms with Gasteiger partial charge in [0, 0.05) is 6.04 Å². The molecule has 0 unspecified atom stereocenters. The third-order valence-corrected chi connectivity index (χ3v) is 3.14. The number of carbonyl (C=O) groups is 1. The summed E-state index contributed by atoms with van der Waals surface area (Å²) in [4.78, 5) is 11.4. The van der Waals surface area contributed by atoms with Crippen LogP contribution in [0.1, 0.15) is 24.9 Å². The van der Waals surface area contributed by atoms with Crippen molar-refractivity contribution in [1.82, 2.24) is 0 Å². The van der Waals surface area contributed by atoms with Crippen molar-refractivity contribution in [3.05, 3.63) is 60.2 Å². The molecule has 0 radical (unpaired) electrons. The van der Waals surface area contributed by atoms with Gasteiger partial charge in [0.25, 0.3) is 0 Å². The molecule has 0 spiro atoms. The molecule has 3 heteroatoms. The lowest BCUT2D eigenvalue weighted by molar-refractivity contribution is -0.143. The molecule has 0 saturated heterocycles. The van der Waals surface area contributed by atoms with Gasteiger partial charge < -0.3 is 10.5 Å². The van der Waals surface area contributed by atoms with Crippen LogP contribution in [-0.2, 0) is 9.53 Å². The molecule has 104 valence electrons. The predicted molar refractivity (Wildman–Crippen MR) is 80.1 cm³/mol. The Balaban J connectivity index is 2.06. The average molecular weight is 269 g/mol. The van der Waals surface area contributed by atoms with Gasteiger partial charge in [-0.2, -0.15) is 0 Å². The van der Waals surface area contributed by atoms with Crippen LogP contribution in [0.25, 0.3) is 11.1 Å². The Bertz CT molecular complexity index is 549. The molecular formula is C17H19NO2. The minimum Gasteiger partial charge on any atom is -0.466 e. The molecule has 0 aliphatic heterocycles. The average Bonchev–Trinajstić information content (AvgIpc) is 2.48. The van der Waals surface area contributed by atoms with Crippen molar-refractivity contribution in [1.29, 1.82) is 0 Å². The third-order valence-electron chi connectivity index (χ3n) is 3.14. The zero-order valence-corrected chi connectivity index (χ0v) is 11.6. The summed E-state index contributed by atoms with van der Waals surface area (Å²) in [7, 11) is 0. The molecule has 0 aromatic heterocycles. The topological polar surface area (TPSA) is 52.3 Å². The smallest absolute Gasteiger partial charge is 0.307 e. The quantitative estimate of drug-likeness (QED) is 0.847. The molecule has 0 heterocycles. The first-order valence-corrected chi connectivity index (χ1v) is 6.77. The van der Waals surface area contributed by atoms with E-state index in [0.717, 1.165) is 16.7 Å². The van der Waals surface area contributed by atoms with Crippen LogP contribution in [0.2, 0.25) is 0 Å². The summed E-state index contributed by atoms with van der Waals surface area (Å²) in [5.41, 5.74) is 9.26. The summed E-state index contributed by atoms with van der Waals surface area (Å²) in [6, 6.07) is 17.8. The molecule has 2 aromatic carbocycles. The van der Waals surface area contributed by atoms with Crippen molar-refractivity contribution in [2.24, 2.45) is 5.73 Å². The summed E-state index contributed by atoms with van der Waals surface area (Å²) in [5.74, 6) is -0.257. The SMILES string of the molecule is CCOC(=O)C[C@H](N)c1ccc(-c2ccccc2)cc1. The summed E-state index contributed by atoms with van der Waals surface area (Å²) in [6.07, 6.45) is 0.207. The van der Waals surface area contributed by atoms with Crippen LogP contribution in [0.15, 0.2) is 54.6 Å². The molecule has 2 aromatic rings. The van der Waals surface area contributed by atoms with E-state index in [2.05, 4.69) is 12.1 Å². The van der Waals surface area contributed by atoms with Crippen molar-refractivity contribution in [3.8, 4) is 11.1 Å². The zero-order chi connectivity index (χ0) is 14.4. The Hall–Kier alpha value is -2.13. The van der Waals surface area contributed by atoms with Crippen LogP contribution in [0.3, 0.4) is 0 Å². The lowest BCUT2D eigenvalue weighted by atomic mass is 10.00. The minimum absolute atomic E-state index is 0.207. The lowest BCUT2D eigenvalue weighted by Gasteiger charge is -2.12. The molecular weight excluding hydrogens is 250 g/mol. The maximum absolute atomic E-state index is 11.4. The van der Waals surface area contributed by atoms with E-state index in [4.69, 9.17) is 10.5 Å². The second-order valence-corrected chi connectivity index (χ2v) is 4.60. The minimum atomic E-state index is -0.320. The Morgan fingerprint density at radius 2 is 1.65 bits per heavy atom. The van der Waals surface area contributed by atoms with Crippen molar-refractivity contribution in [2.45, 2.75) is 19.4 Å². The monoisotopic (exact) mass is 269 g/mol. The van der Waals surface area contributed by atoms with Crippen LogP contribution in [0.5, 0.6) is 0 Å². The van der Waals surface area contributed by atoms with E-state index in [9.17, 15) is 4.79 Å². The Morgan fingerprint density at radius 3 is 2.25 bits per heavy atom. The van der Waals surface area contributed by atoms with Crippen molar-refractivity contribution < 1.29 is 9.53 Å². The van der Waals surface area contributed by atoms with Gasteiger partial charge in [0.05, 0.1) is 13.0 Å². The fourth-order valence-corrected chi connectivity index (χ4v) is 2.07. The van der Waals surface area contributed by atoms with Gasteiger partial charge in [-0.15, -0.1) is 0 Å². The van der Waals surface area contributed by atoms with Gasteiger partial charge in [0.15, 0.2) is 0 Å². The van der Waals surface area contributed by atoms with Gasteiger partial charge in [0.1, 0.15) is 0 Å². The Labute approximate surface area is 119 Å². The third kappa shape index (κ3) is 3.68. The Morgan fingerprint density at radius 1 is 1.05 bits per heavy atom. The molecule has 2 rings (SSSR count). The molecule has 0 amide bonds. The molecule has 2 N–H and O–H groups in total. The summed E-state index contributed by atoms with van der Waals surface area (Å²) in [5, 5.41) is 0. The number of hydrogen-bond acceptors (Lipinski definition) is 3. The zero-order valence-electron chi connectivity index (χ0n) is 11.6. The number of esters is 1. The van der Waals surface area contributed by atoms with Gasteiger partial charge in [-0.25, -0.2) is 0 Å². The van der Waals surface area contributed by atoms with Crippen molar-refractivity contribution >= 4 is 5.97 Å². The first-order chi connectivity index (χ1) is 9.70. The highest BCUT2D eigenvalue weighted by Crippen LogP contribution is 2.22. The molecule has 0 aliphatic rings. The van der Waals surface area contributed by atoms with Gasteiger partial charge in [-0.1, -0.05) is 54.6 Å². The number of benzene rings is 2. The first kappa shape index (κ1) is 14.3. The number of rotatable bonds is 5. The van der Waals surface area contributed by atoms with Gasteiger partial charge in [-0.3, -0.25) is 4.79 Å². The summed E-state index contributed by atoms with van der Waals surface area (Å²) in [6.45, 7) is 2.18. The summed E-state index contributed by atoms with van der Waals surface area (Å²) >= 11 is 0. The molecule has 0 saturated carbocycles. The second kappa shape index (κ2) is 6.87. The lowest BCUT2D eigenvalue weighted by Crippen LogP contribution is -2.17. The number of carbonyl (C=O) groups excluding carboxylic acids is 1. The standard InChI is InChI=1S/C17H19NO2/c1-2-20-17(19)12-16(18)15-10-8-14(9-11-15)13-6-4-3-5-7-13/h3-11,16H,2,12,18H2,1H3/t16-/m0/s1. The number of hydrogen-bond donors (Lipinski definition) is 1. The van der Waals surface area contributed by atoms with Crippen LogP contribution in [0.4, 0.5) is 0 Å². The molecule has 1 atom stereocenters. The maximum atomic E-state index is 11.4. The van der Waals surface area contributed by atoms with E-state index in [0.29, 0.717) is 6.61 Å². The molecule has 20 heavy (non-hydrogen) atoms. The fraction of sp³-hybridized carbons (Fsp3) is 0.235. The van der Waals surface area contributed by atoms with Crippen molar-refractivity contribution in [2.75, 3.05) is 6.61 Å². The van der Waals surface area contributed by atoms with E-state index < -0.39 is 0 Å². The van der Waals surface area contributed by atoms with E-state index in [-0.39, 0.29) is 18.4 Å². The largest absolute Gasteiger partial charge is 0.466 e. The molecule has 0 bridgehead atoms. The van der Waals surface area contributed by atoms with E-state index in [1.54, 1.807) is 6.92 Å². The van der Waals surface area contributed by atoms with E-state index >= 15 is 0 Å². The van der Waals surface area contributed by atoms with Gasteiger partial charge in [-0.05, 0) is 23.6 Å². The number of nitrogens with two attached hydrogens (primary N) is 1. The Kier molecular flexibility index (Phi) is 4.91. The summed E-state index contributed by atoms with van der Waals surface area (Å²) < 4.78 is 4.91. The highest BCUT2D eigenvalue weighted by Gasteiger charge is 2.12. The first-order valence-electron chi connectivity index (χ1n) is 6.77. The normalized spacial score (nSPS) is 11.9. The van der Waals surface area contributed by atoms with Crippen molar-refractivity contribution in [3.63, 3.8) is 0 Å². The van der Waals surface area contributed by atoms with Crippen LogP contribution in [0, 0.1) is 0 Å². The van der Waals surface area contributed by atoms with Crippen LogP contribution in [-0.4, -0.2) is 12.6 Å². The fourth-order valence-electron chi connectivity index (χ4n) is 2.07. The van der Waals surface area contributed by atoms with E-state index in [1.807, 2.05) is 42.5 Å². The second-order valence-electron chi connectivity index (χ2n) is 4.60. The maximum Gasteiger partial charge on any atom is 0.307 e. The predicted octanol–water partition coefficient (Wildman–Crippen LogP) is 3.31. The van der Waals surface area contributed by atoms with Gasteiger partial charge >= 0.3 is 5.97 Å². The van der Waals surface area contributed by atoms with E-state index in [1.165, 1.54) is 0 Å². The highest BCUT2D eigenvalue weighted by atomic mass is 16.5. The van der Waals surface area contributed by atoms with Crippen LogP contribution >= 0.6 is 0 Å². The molecule has 3 nitrogen and oxygen atoms in total. The molecule has 0 aliphatic carbocycles.